The maximum Gasteiger partial charge on any atom is 0.0433 e. The van der Waals surface area contributed by atoms with Crippen molar-refractivity contribution < 1.29 is 0 Å². The highest BCUT2D eigenvalue weighted by Crippen LogP contribution is 2.30. The topological polar surface area (TPSA) is 26.0 Å². The van der Waals surface area contributed by atoms with Crippen molar-refractivity contribution in [2.24, 2.45) is 5.73 Å². The quantitative estimate of drug-likeness (QED) is 0.816. The molecule has 0 saturated carbocycles. The van der Waals surface area contributed by atoms with Crippen LogP contribution in [-0.2, 0) is 17.4 Å². The molecule has 0 heterocycles. The van der Waals surface area contributed by atoms with Crippen molar-refractivity contribution in [3.8, 4) is 0 Å². The molecule has 2 N–H and O–H groups in total. The van der Waals surface area contributed by atoms with Crippen molar-refractivity contribution in [2.45, 2.75) is 45.1 Å². The Morgan fingerprint density at radius 3 is 2.00 bits per heavy atom. The Kier molecular flexibility index (Phi) is 4.60. The molecular weight excluding hydrogens is 322 g/mol. The first-order chi connectivity index (χ1) is 9.70. The number of halogens is 1. The summed E-state index contributed by atoms with van der Waals surface area (Å²) in [7, 11) is 0. The van der Waals surface area contributed by atoms with Crippen LogP contribution in [0.3, 0.4) is 0 Å². The van der Waals surface area contributed by atoms with Crippen LogP contribution in [0.5, 0.6) is 0 Å². The van der Waals surface area contributed by atoms with Gasteiger partial charge in [0, 0.05) is 10.0 Å². The van der Waals surface area contributed by atoms with Crippen molar-refractivity contribution in [3.63, 3.8) is 0 Å². The van der Waals surface area contributed by atoms with Crippen molar-refractivity contribution >= 4 is 15.9 Å². The molecule has 0 saturated heterocycles. The Labute approximate surface area is 136 Å². The molecule has 1 unspecified atom stereocenters. The van der Waals surface area contributed by atoms with Crippen molar-refractivity contribution in [1.29, 1.82) is 0 Å². The first kappa shape index (κ1) is 16.3. The van der Waals surface area contributed by atoms with Gasteiger partial charge >= 0.3 is 0 Å². The van der Waals surface area contributed by atoms with Gasteiger partial charge in [-0.3, -0.25) is 0 Å². The Morgan fingerprint density at radius 2 is 1.48 bits per heavy atom. The van der Waals surface area contributed by atoms with E-state index in [1.807, 2.05) is 18.2 Å². The van der Waals surface area contributed by atoms with E-state index in [4.69, 9.17) is 5.73 Å². The second kappa shape index (κ2) is 5.94. The minimum Gasteiger partial charge on any atom is -0.321 e. The molecule has 0 radical (unpaired) electrons. The third-order valence-electron chi connectivity index (χ3n) is 3.88. The third-order valence-corrected chi connectivity index (χ3v) is 4.57. The van der Waals surface area contributed by atoms with Crippen LogP contribution < -0.4 is 5.73 Å². The lowest BCUT2D eigenvalue weighted by atomic mass is 9.83. The van der Waals surface area contributed by atoms with E-state index < -0.39 is 0 Å². The molecule has 2 rings (SSSR count). The maximum atomic E-state index is 6.56. The van der Waals surface area contributed by atoms with Gasteiger partial charge in [-0.2, -0.15) is 0 Å². The van der Waals surface area contributed by atoms with E-state index in [2.05, 4.69) is 74.0 Å². The van der Waals surface area contributed by atoms with Crippen molar-refractivity contribution in [3.05, 3.63) is 69.7 Å². The van der Waals surface area contributed by atoms with Crippen LogP contribution in [0.4, 0.5) is 0 Å². The zero-order chi connectivity index (χ0) is 15.7. The molecule has 2 aromatic carbocycles. The number of nitrogens with two attached hydrogens (primary N) is 1. The van der Waals surface area contributed by atoms with Gasteiger partial charge in [0.1, 0.15) is 0 Å². The lowest BCUT2D eigenvalue weighted by Crippen LogP contribution is -2.35. The van der Waals surface area contributed by atoms with E-state index in [1.54, 1.807) is 0 Å². The minimum absolute atomic E-state index is 0.188. The van der Waals surface area contributed by atoms with Gasteiger partial charge in [-0.15, -0.1) is 0 Å². The van der Waals surface area contributed by atoms with Crippen molar-refractivity contribution in [1.82, 2.24) is 0 Å². The van der Waals surface area contributed by atoms with E-state index in [0.717, 1.165) is 16.5 Å². The summed E-state index contributed by atoms with van der Waals surface area (Å²) in [4.78, 5) is 0. The fourth-order valence-corrected chi connectivity index (χ4v) is 3.30. The summed E-state index contributed by atoms with van der Waals surface area (Å²) >= 11 is 3.60. The predicted molar refractivity (Wildman–Crippen MR) is 94.5 cm³/mol. The summed E-state index contributed by atoms with van der Waals surface area (Å²) in [6, 6.07) is 17.0. The van der Waals surface area contributed by atoms with E-state index in [1.165, 1.54) is 11.1 Å². The van der Waals surface area contributed by atoms with Gasteiger partial charge in [0.25, 0.3) is 0 Å². The van der Waals surface area contributed by atoms with Crippen molar-refractivity contribution in [2.75, 3.05) is 0 Å². The monoisotopic (exact) mass is 345 g/mol. The van der Waals surface area contributed by atoms with Crippen LogP contribution >= 0.6 is 15.9 Å². The summed E-state index contributed by atoms with van der Waals surface area (Å²) in [5.74, 6) is 0. The molecule has 1 nitrogen and oxygen atoms in total. The fraction of sp³-hybridized carbons (Fsp3) is 0.368. The molecule has 1 atom stereocenters. The molecule has 0 bridgehead atoms. The summed E-state index contributed by atoms with van der Waals surface area (Å²) in [5, 5.41) is 0. The standard InChI is InChI=1S/C19H24BrN/c1-18(2,3)15-11-9-14(10-12-15)13-19(4,21)16-7-5-6-8-17(16)20/h5-12H,13,21H2,1-4H3. The van der Waals surface area contributed by atoms with E-state index in [-0.39, 0.29) is 11.0 Å². The fourth-order valence-electron chi connectivity index (χ4n) is 2.57. The van der Waals surface area contributed by atoms with E-state index >= 15 is 0 Å². The summed E-state index contributed by atoms with van der Waals surface area (Å²) < 4.78 is 1.07. The third kappa shape index (κ3) is 3.96. The van der Waals surface area contributed by atoms with Gasteiger partial charge in [0.2, 0.25) is 0 Å². The summed E-state index contributed by atoms with van der Waals surface area (Å²) in [5.41, 5.74) is 10.1. The molecule has 112 valence electrons. The van der Waals surface area contributed by atoms with Gasteiger partial charge < -0.3 is 5.73 Å². The average molecular weight is 346 g/mol. The Morgan fingerprint density at radius 1 is 0.905 bits per heavy atom. The molecular formula is C19H24BrN. The molecule has 2 aromatic rings. The highest BCUT2D eigenvalue weighted by Gasteiger charge is 2.24. The van der Waals surface area contributed by atoms with Crippen LogP contribution in [0, 0.1) is 0 Å². The number of benzene rings is 2. The molecule has 0 aromatic heterocycles. The SMILES string of the molecule is CC(C)(C)c1ccc(CC(C)(N)c2ccccc2Br)cc1. The van der Waals surface area contributed by atoms with E-state index in [0.29, 0.717) is 0 Å². The largest absolute Gasteiger partial charge is 0.321 e. The highest BCUT2D eigenvalue weighted by atomic mass is 79.9. The minimum atomic E-state index is -0.386. The van der Waals surface area contributed by atoms with Gasteiger partial charge in [0.15, 0.2) is 0 Å². The Bertz CT molecular complexity index is 606. The van der Waals surface area contributed by atoms with Gasteiger partial charge in [-0.1, -0.05) is 79.2 Å². The molecule has 2 heteroatoms. The zero-order valence-electron chi connectivity index (χ0n) is 13.3. The molecule has 0 aliphatic carbocycles. The highest BCUT2D eigenvalue weighted by molar-refractivity contribution is 9.10. The lowest BCUT2D eigenvalue weighted by Gasteiger charge is -2.27. The molecule has 0 spiro atoms. The van der Waals surface area contributed by atoms with Crippen LogP contribution in [0.15, 0.2) is 53.0 Å². The number of rotatable bonds is 3. The first-order valence-corrected chi connectivity index (χ1v) is 8.13. The van der Waals surface area contributed by atoms with Gasteiger partial charge in [-0.05, 0) is 41.5 Å². The second-order valence-electron chi connectivity index (χ2n) is 7.02. The molecule has 21 heavy (non-hydrogen) atoms. The summed E-state index contributed by atoms with van der Waals surface area (Å²) in [6.45, 7) is 8.78. The smallest absolute Gasteiger partial charge is 0.0433 e. The Balaban J connectivity index is 2.23. The molecule has 0 aliphatic heterocycles. The molecule has 0 aliphatic rings. The number of hydrogen-bond donors (Lipinski definition) is 1. The number of hydrogen-bond acceptors (Lipinski definition) is 1. The normalized spacial score (nSPS) is 14.8. The second-order valence-corrected chi connectivity index (χ2v) is 7.88. The van der Waals surface area contributed by atoms with Crippen LogP contribution in [0.2, 0.25) is 0 Å². The predicted octanol–water partition coefficient (Wildman–Crippen LogP) is 5.16. The van der Waals surface area contributed by atoms with Gasteiger partial charge in [-0.25, -0.2) is 0 Å². The van der Waals surface area contributed by atoms with E-state index in [9.17, 15) is 0 Å². The van der Waals surface area contributed by atoms with Gasteiger partial charge in [0.05, 0.1) is 0 Å². The zero-order valence-corrected chi connectivity index (χ0v) is 14.9. The van der Waals surface area contributed by atoms with Crippen LogP contribution in [-0.4, -0.2) is 0 Å². The Hall–Kier alpha value is -1.12. The van der Waals surface area contributed by atoms with Crippen LogP contribution in [0.25, 0.3) is 0 Å². The van der Waals surface area contributed by atoms with Crippen LogP contribution in [0.1, 0.15) is 44.4 Å². The lowest BCUT2D eigenvalue weighted by molar-refractivity contribution is 0.489. The molecule has 0 fully saturated rings. The molecule has 0 amide bonds. The first-order valence-electron chi connectivity index (χ1n) is 7.33. The maximum absolute atomic E-state index is 6.56. The average Bonchev–Trinajstić information content (AvgIpc) is 2.38. The summed E-state index contributed by atoms with van der Waals surface area (Å²) in [6.07, 6.45) is 0.819.